The van der Waals surface area contributed by atoms with Gasteiger partial charge >= 0.3 is 0 Å². The van der Waals surface area contributed by atoms with Crippen molar-refractivity contribution in [3.05, 3.63) is 0 Å². The molecule has 1 aliphatic rings. The van der Waals surface area contributed by atoms with Gasteiger partial charge in [0.05, 0.1) is 0 Å². The second-order valence-corrected chi connectivity index (χ2v) is 4.26. The summed E-state index contributed by atoms with van der Waals surface area (Å²) in [4.78, 5) is 15.8. The van der Waals surface area contributed by atoms with E-state index >= 15 is 0 Å². The third-order valence-corrected chi connectivity index (χ3v) is 2.81. The van der Waals surface area contributed by atoms with Crippen LogP contribution < -0.4 is 5.32 Å². The molecule has 1 rings (SSSR count). The van der Waals surface area contributed by atoms with Gasteiger partial charge < -0.3 is 10.1 Å². The van der Waals surface area contributed by atoms with E-state index in [1.165, 1.54) is 0 Å². The van der Waals surface area contributed by atoms with E-state index in [0.29, 0.717) is 5.84 Å². The molecular weight excluding hydrogens is 180 g/mol. The van der Waals surface area contributed by atoms with Crippen LogP contribution in [0.5, 0.6) is 0 Å². The topological polar surface area (TPSA) is 50.7 Å². The average Bonchev–Trinajstić information content (AvgIpc) is 2.41. The Hall–Kier alpha value is -0.900. The van der Waals surface area contributed by atoms with Crippen molar-refractivity contribution < 1.29 is 9.53 Å². The standard InChI is InChI=1S/C10H18N2O2/c1-6-10(4,14-5)7-11-8(13)9(2,3)12-7/h6H2,1-5H3,(H,11,12,13). The highest BCUT2D eigenvalue weighted by Crippen LogP contribution is 2.23. The summed E-state index contributed by atoms with van der Waals surface area (Å²) in [6.45, 7) is 7.51. The SMILES string of the molecule is CCC(C)(OC)C1=NC(C)(C)C(=O)N1. The van der Waals surface area contributed by atoms with E-state index in [-0.39, 0.29) is 5.91 Å². The highest BCUT2D eigenvalue weighted by atomic mass is 16.5. The van der Waals surface area contributed by atoms with Crippen LogP contribution in [0.4, 0.5) is 0 Å². The van der Waals surface area contributed by atoms with Crippen molar-refractivity contribution >= 4 is 11.7 Å². The predicted molar refractivity (Wildman–Crippen MR) is 55.4 cm³/mol. The van der Waals surface area contributed by atoms with Gasteiger partial charge in [-0.1, -0.05) is 6.92 Å². The van der Waals surface area contributed by atoms with Crippen LogP contribution in [0, 0.1) is 0 Å². The van der Waals surface area contributed by atoms with E-state index in [4.69, 9.17) is 4.74 Å². The van der Waals surface area contributed by atoms with Crippen molar-refractivity contribution in [3.8, 4) is 0 Å². The van der Waals surface area contributed by atoms with Crippen molar-refractivity contribution in [1.29, 1.82) is 0 Å². The number of ether oxygens (including phenoxy) is 1. The average molecular weight is 198 g/mol. The Morgan fingerprint density at radius 1 is 1.57 bits per heavy atom. The minimum Gasteiger partial charge on any atom is -0.371 e. The maximum atomic E-state index is 11.5. The smallest absolute Gasteiger partial charge is 0.252 e. The molecule has 1 atom stereocenters. The van der Waals surface area contributed by atoms with Crippen LogP contribution in [-0.4, -0.2) is 30.0 Å². The summed E-state index contributed by atoms with van der Waals surface area (Å²) in [6, 6.07) is 0. The van der Waals surface area contributed by atoms with Gasteiger partial charge in [0.1, 0.15) is 17.0 Å². The van der Waals surface area contributed by atoms with Crippen LogP contribution >= 0.6 is 0 Å². The molecule has 0 bridgehead atoms. The number of methoxy groups -OCH3 is 1. The van der Waals surface area contributed by atoms with Crippen LogP contribution in [0.2, 0.25) is 0 Å². The summed E-state index contributed by atoms with van der Waals surface area (Å²) in [5.74, 6) is 0.571. The summed E-state index contributed by atoms with van der Waals surface area (Å²) >= 11 is 0. The Morgan fingerprint density at radius 2 is 2.14 bits per heavy atom. The molecule has 0 aromatic heterocycles. The van der Waals surface area contributed by atoms with E-state index in [1.54, 1.807) is 21.0 Å². The van der Waals surface area contributed by atoms with E-state index in [2.05, 4.69) is 10.3 Å². The molecule has 1 amide bonds. The fourth-order valence-electron chi connectivity index (χ4n) is 1.28. The first kappa shape index (κ1) is 11.2. The molecule has 1 heterocycles. The van der Waals surface area contributed by atoms with E-state index in [0.717, 1.165) is 6.42 Å². The molecule has 0 saturated heterocycles. The number of aliphatic imine (C=N–C) groups is 1. The van der Waals surface area contributed by atoms with Gasteiger partial charge in [0.25, 0.3) is 5.91 Å². The lowest BCUT2D eigenvalue weighted by Crippen LogP contribution is -2.45. The maximum Gasteiger partial charge on any atom is 0.252 e. The van der Waals surface area contributed by atoms with Crippen molar-refractivity contribution in [2.24, 2.45) is 4.99 Å². The van der Waals surface area contributed by atoms with Gasteiger partial charge in [-0.2, -0.15) is 0 Å². The highest BCUT2D eigenvalue weighted by molar-refractivity contribution is 6.10. The predicted octanol–water partition coefficient (Wildman–Crippen LogP) is 1.11. The van der Waals surface area contributed by atoms with Crippen LogP contribution in [-0.2, 0) is 9.53 Å². The Bertz CT molecular complexity index is 278. The molecule has 1 N–H and O–H groups in total. The van der Waals surface area contributed by atoms with E-state index in [9.17, 15) is 4.79 Å². The molecule has 0 aromatic rings. The number of amides is 1. The largest absolute Gasteiger partial charge is 0.371 e. The van der Waals surface area contributed by atoms with Gasteiger partial charge in [-0.15, -0.1) is 0 Å². The first-order valence-corrected chi connectivity index (χ1v) is 4.82. The molecule has 4 nitrogen and oxygen atoms in total. The lowest BCUT2D eigenvalue weighted by molar-refractivity contribution is -0.122. The lowest BCUT2D eigenvalue weighted by atomic mass is 10.0. The number of rotatable bonds is 3. The molecule has 0 saturated carbocycles. The second kappa shape index (κ2) is 3.35. The Morgan fingerprint density at radius 3 is 2.43 bits per heavy atom. The third-order valence-electron chi connectivity index (χ3n) is 2.81. The zero-order valence-corrected chi connectivity index (χ0v) is 9.47. The second-order valence-electron chi connectivity index (χ2n) is 4.26. The molecule has 0 spiro atoms. The Labute approximate surface area is 84.7 Å². The number of hydrogen-bond acceptors (Lipinski definition) is 3. The molecule has 0 aromatic carbocycles. The zero-order valence-electron chi connectivity index (χ0n) is 9.47. The number of nitrogens with one attached hydrogen (secondary N) is 1. The number of nitrogens with zero attached hydrogens (tertiary/aromatic N) is 1. The highest BCUT2D eigenvalue weighted by Gasteiger charge is 2.41. The molecule has 0 aliphatic carbocycles. The van der Waals surface area contributed by atoms with Gasteiger partial charge in [-0.05, 0) is 27.2 Å². The first-order chi connectivity index (χ1) is 6.35. The van der Waals surface area contributed by atoms with E-state index < -0.39 is 11.1 Å². The molecule has 1 unspecified atom stereocenters. The minimum absolute atomic E-state index is 0.0655. The summed E-state index contributed by atoms with van der Waals surface area (Å²) < 4.78 is 5.37. The van der Waals surface area contributed by atoms with Crippen molar-refractivity contribution in [3.63, 3.8) is 0 Å². The van der Waals surface area contributed by atoms with Gasteiger partial charge in [-0.3, -0.25) is 9.79 Å². The Kier molecular flexibility index (Phi) is 2.67. The number of carbonyl (C=O) groups excluding carboxylic acids is 1. The van der Waals surface area contributed by atoms with Gasteiger partial charge in [0, 0.05) is 7.11 Å². The number of hydrogen-bond donors (Lipinski definition) is 1. The van der Waals surface area contributed by atoms with Gasteiger partial charge in [-0.25, -0.2) is 0 Å². The molecule has 0 fully saturated rings. The summed E-state index contributed by atoms with van der Waals surface area (Å²) in [7, 11) is 1.63. The van der Waals surface area contributed by atoms with Crippen LogP contribution in [0.25, 0.3) is 0 Å². The van der Waals surface area contributed by atoms with E-state index in [1.807, 2.05) is 13.8 Å². The van der Waals surface area contributed by atoms with Crippen molar-refractivity contribution in [2.45, 2.75) is 45.3 Å². The fraction of sp³-hybridized carbons (Fsp3) is 0.800. The first-order valence-electron chi connectivity index (χ1n) is 4.82. The van der Waals surface area contributed by atoms with Crippen LogP contribution in [0.15, 0.2) is 4.99 Å². The van der Waals surface area contributed by atoms with Crippen molar-refractivity contribution in [1.82, 2.24) is 5.32 Å². The normalized spacial score (nSPS) is 24.1. The molecule has 0 radical (unpaired) electrons. The summed E-state index contributed by atoms with van der Waals surface area (Å²) in [6.07, 6.45) is 0.776. The van der Waals surface area contributed by atoms with Gasteiger partial charge in [0.15, 0.2) is 0 Å². The molecule has 80 valence electrons. The minimum atomic E-state index is -0.662. The van der Waals surface area contributed by atoms with Crippen LogP contribution in [0.3, 0.4) is 0 Å². The molecular formula is C10H18N2O2. The van der Waals surface area contributed by atoms with Crippen molar-refractivity contribution in [2.75, 3.05) is 7.11 Å². The third kappa shape index (κ3) is 1.66. The van der Waals surface area contributed by atoms with Gasteiger partial charge in [0.2, 0.25) is 0 Å². The zero-order chi connectivity index (χ0) is 11.0. The fourth-order valence-corrected chi connectivity index (χ4v) is 1.28. The maximum absolute atomic E-state index is 11.5. The number of carbonyl (C=O) groups is 1. The lowest BCUT2D eigenvalue weighted by Gasteiger charge is -2.26. The van der Waals surface area contributed by atoms with Crippen LogP contribution in [0.1, 0.15) is 34.1 Å². The molecule has 14 heavy (non-hydrogen) atoms. The monoisotopic (exact) mass is 198 g/mol. The molecule has 1 aliphatic heterocycles. The molecule has 4 heteroatoms. The number of amidine groups is 1. The quantitative estimate of drug-likeness (QED) is 0.738. The Balaban J connectivity index is 2.97. The summed E-state index contributed by atoms with van der Waals surface area (Å²) in [5, 5.41) is 2.77. The summed E-state index contributed by atoms with van der Waals surface area (Å²) in [5.41, 5.74) is -1.15.